The number of rotatable bonds is 4. The summed E-state index contributed by atoms with van der Waals surface area (Å²) >= 11 is 0. The van der Waals surface area contributed by atoms with Crippen LogP contribution in [0.5, 0.6) is 0 Å². The first kappa shape index (κ1) is 17.0. The van der Waals surface area contributed by atoms with Gasteiger partial charge in [-0.2, -0.15) is 5.10 Å². The first-order valence-corrected chi connectivity index (χ1v) is 8.78. The van der Waals surface area contributed by atoms with Crippen LogP contribution in [0.4, 0.5) is 0 Å². The van der Waals surface area contributed by atoms with Crippen LogP contribution in [-0.4, -0.2) is 36.3 Å². The van der Waals surface area contributed by atoms with E-state index in [1.165, 1.54) is 0 Å². The second-order valence-corrected chi connectivity index (χ2v) is 6.68. The van der Waals surface area contributed by atoms with Gasteiger partial charge in [-0.3, -0.25) is 9.48 Å². The molecule has 0 radical (unpaired) electrons. The van der Waals surface area contributed by atoms with Gasteiger partial charge in [-0.1, -0.05) is 30.3 Å². The van der Waals surface area contributed by atoms with Crippen molar-refractivity contribution < 1.29 is 4.79 Å². The van der Waals surface area contributed by atoms with Crippen LogP contribution in [-0.2, 0) is 7.05 Å². The van der Waals surface area contributed by atoms with E-state index < -0.39 is 0 Å². The van der Waals surface area contributed by atoms with Crippen molar-refractivity contribution in [1.82, 2.24) is 29.7 Å². The maximum absolute atomic E-state index is 12.5. The van der Waals surface area contributed by atoms with E-state index in [1.807, 2.05) is 69.6 Å². The minimum absolute atomic E-state index is 0.0537. The number of benzene rings is 1. The fourth-order valence-corrected chi connectivity index (χ4v) is 3.02. The van der Waals surface area contributed by atoms with Crippen molar-refractivity contribution in [1.29, 1.82) is 0 Å². The topological polar surface area (TPSA) is 77.1 Å². The molecule has 27 heavy (non-hydrogen) atoms. The van der Waals surface area contributed by atoms with E-state index in [0.29, 0.717) is 17.0 Å². The molecule has 1 aromatic carbocycles. The van der Waals surface area contributed by atoms with E-state index >= 15 is 0 Å². The third-order valence-corrected chi connectivity index (χ3v) is 4.25. The number of amides is 1. The van der Waals surface area contributed by atoms with Crippen LogP contribution < -0.4 is 5.32 Å². The Morgan fingerprint density at radius 2 is 1.89 bits per heavy atom. The zero-order valence-electron chi connectivity index (χ0n) is 15.4. The van der Waals surface area contributed by atoms with Crippen molar-refractivity contribution in [3.8, 4) is 22.6 Å². The quantitative estimate of drug-likeness (QED) is 0.607. The molecule has 0 aliphatic carbocycles. The SMILES string of the molecule is CC(C)NC(=O)c1cnn(C)c1-c1ccn2nc(-c3ccccc3)nc2c1. The minimum atomic E-state index is -0.139. The molecule has 1 amide bonds. The number of nitrogens with zero attached hydrogens (tertiary/aromatic N) is 5. The van der Waals surface area contributed by atoms with Gasteiger partial charge in [-0.25, -0.2) is 9.50 Å². The lowest BCUT2D eigenvalue weighted by Gasteiger charge is -2.10. The average molecular weight is 360 g/mol. The zero-order valence-corrected chi connectivity index (χ0v) is 15.4. The van der Waals surface area contributed by atoms with Gasteiger partial charge in [0.15, 0.2) is 11.5 Å². The molecule has 0 fully saturated rings. The van der Waals surface area contributed by atoms with Gasteiger partial charge in [-0.05, 0) is 26.0 Å². The Hall–Kier alpha value is -3.48. The van der Waals surface area contributed by atoms with Crippen LogP contribution in [0.15, 0.2) is 54.9 Å². The Balaban J connectivity index is 1.77. The molecule has 7 heteroatoms. The molecule has 0 saturated carbocycles. The van der Waals surface area contributed by atoms with E-state index in [0.717, 1.165) is 16.8 Å². The molecule has 7 nitrogen and oxygen atoms in total. The summed E-state index contributed by atoms with van der Waals surface area (Å²) in [5.41, 5.74) is 3.82. The number of carbonyl (C=O) groups excluding carboxylic acids is 1. The number of nitrogens with one attached hydrogen (secondary N) is 1. The Morgan fingerprint density at radius 1 is 1.11 bits per heavy atom. The summed E-state index contributed by atoms with van der Waals surface area (Å²) in [6, 6.07) is 13.7. The van der Waals surface area contributed by atoms with Crippen molar-refractivity contribution in [2.75, 3.05) is 0 Å². The molecule has 3 heterocycles. The number of carbonyl (C=O) groups is 1. The molecule has 0 saturated heterocycles. The molecule has 4 rings (SSSR count). The fraction of sp³-hybridized carbons (Fsp3) is 0.200. The number of fused-ring (bicyclic) bond motifs is 1. The van der Waals surface area contributed by atoms with Gasteiger partial charge in [0.25, 0.3) is 5.91 Å². The molecule has 0 atom stereocenters. The van der Waals surface area contributed by atoms with Gasteiger partial charge in [-0.15, -0.1) is 5.10 Å². The second-order valence-electron chi connectivity index (χ2n) is 6.68. The van der Waals surface area contributed by atoms with Gasteiger partial charge in [0.2, 0.25) is 0 Å². The van der Waals surface area contributed by atoms with Crippen molar-refractivity contribution in [3.05, 3.63) is 60.4 Å². The van der Waals surface area contributed by atoms with Gasteiger partial charge >= 0.3 is 0 Å². The highest BCUT2D eigenvalue weighted by Crippen LogP contribution is 2.25. The fourth-order valence-electron chi connectivity index (χ4n) is 3.02. The third kappa shape index (κ3) is 3.19. The molecular weight excluding hydrogens is 340 g/mol. The van der Waals surface area contributed by atoms with Crippen LogP contribution in [0.25, 0.3) is 28.3 Å². The first-order chi connectivity index (χ1) is 13.0. The highest BCUT2D eigenvalue weighted by atomic mass is 16.1. The summed E-state index contributed by atoms with van der Waals surface area (Å²) < 4.78 is 3.44. The summed E-state index contributed by atoms with van der Waals surface area (Å²) in [7, 11) is 1.82. The van der Waals surface area contributed by atoms with Crippen LogP contribution >= 0.6 is 0 Å². The van der Waals surface area contributed by atoms with Crippen molar-refractivity contribution >= 4 is 11.6 Å². The van der Waals surface area contributed by atoms with Crippen molar-refractivity contribution in [2.24, 2.45) is 7.05 Å². The lowest BCUT2D eigenvalue weighted by molar-refractivity contribution is 0.0943. The largest absolute Gasteiger partial charge is 0.350 e. The van der Waals surface area contributed by atoms with Crippen LogP contribution in [0.3, 0.4) is 0 Å². The molecule has 1 N–H and O–H groups in total. The molecule has 0 aliphatic heterocycles. The number of hydrogen-bond acceptors (Lipinski definition) is 4. The molecule has 0 aliphatic rings. The predicted molar refractivity (Wildman–Crippen MR) is 103 cm³/mol. The molecule has 4 aromatic rings. The lowest BCUT2D eigenvalue weighted by Crippen LogP contribution is -2.30. The van der Waals surface area contributed by atoms with Crippen LogP contribution in [0, 0.1) is 0 Å². The number of hydrogen-bond donors (Lipinski definition) is 1. The zero-order chi connectivity index (χ0) is 19.0. The number of aryl methyl sites for hydroxylation is 1. The predicted octanol–water partition coefficient (Wildman–Crippen LogP) is 2.94. The summed E-state index contributed by atoms with van der Waals surface area (Å²) in [6.45, 7) is 3.86. The summed E-state index contributed by atoms with van der Waals surface area (Å²) in [6.07, 6.45) is 3.44. The normalized spacial score (nSPS) is 11.3. The second kappa shape index (κ2) is 6.68. The van der Waals surface area contributed by atoms with Crippen molar-refractivity contribution in [3.63, 3.8) is 0 Å². The Morgan fingerprint density at radius 3 is 2.63 bits per heavy atom. The van der Waals surface area contributed by atoms with Gasteiger partial charge in [0, 0.05) is 30.4 Å². The molecule has 0 bridgehead atoms. The summed E-state index contributed by atoms with van der Waals surface area (Å²) in [5, 5.41) is 11.7. The molecule has 0 spiro atoms. The van der Waals surface area contributed by atoms with Gasteiger partial charge in [0.1, 0.15) is 0 Å². The van der Waals surface area contributed by atoms with E-state index in [2.05, 4.69) is 20.5 Å². The third-order valence-electron chi connectivity index (χ3n) is 4.25. The van der Waals surface area contributed by atoms with Crippen LogP contribution in [0.1, 0.15) is 24.2 Å². The Kier molecular flexibility index (Phi) is 4.19. The maximum atomic E-state index is 12.5. The number of aromatic nitrogens is 5. The summed E-state index contributed by atoms with van der Waals surface area (Å²) in [5.74, 6) is 0.523. The molecule has 3 aromatic heterocycles. The Labute approximate surface area is 156 Å². The van der Waals surface area contributed by atoms with Gasteiger partial charge in [0.05, 0.1) is 17.5 Å². The first-order valence-electron chi connectivity index (χ1n) is 8.78. The number of pyridine rings is 1. The highest BCUT2D eigenvalue weighted by Gasteiger charge is 2.19. The smallest absolute Gasteiger partial charge is 0.255 e. The monoisotopic (exact) mass is 360 g/mol. The van der Waals surface area contributed by atoms with Crippen LogP contribution in [0.2, 0.25) is 0 Å². The Bertz CT molecular complexity index is 1110. The van der Waals surface area contributed by atoms with E-state index in [-0.39, 0.29) is 11.9 Å². The average Bonchev–Trinajstić information content (AvgIpc) is 3.24. The van der Waals surface area contributed by atoms with Crippen molar-refractivity contribution in [2.45, 2.75) is 19.9 Å². The summed E-state index contributed by atoms with van der Waals surface area (Å²) in [4.78, 5) is 17.1. The van der Waals surface area contributed by atoms with Gasteiger partial charge < -0.3 is 5.32 Å². The maximum Gasteiger partial charge on any atom is 0.255 e. The molecular formula is C20H20N6O. The lowest BCUT2D eigenvalue weighted by atomic mass is 10.1. The molecule has 136 valence electrons. The highest BCUT2D eigenvalue weighted by molar-refractivity contribution is 6.00. The molecule has 0 unspecified atom stereocenters. The van der Waals surface area contributed by atoms with E-state index in [9.17, 15) is 4.79 Å². The standard InChI is InChI=1S/C20H20N6O/c1-13(2)22-20(27)16-12-21-25(3)18(16)15-9-10-26-17(11-15)23-19(24-26)14-7-5-4-6-8-14/h4-13H,1-3H3,(H,22,27). The van der Waals surface area contributed by atoms with E-state index in [1.54, 1.807) is 15.4 Å². The van der Waals surface area contributed by atoms with E-state index in [4.69, 9.17) is 0 Å². The minimum Gasteiger partial charge on any atom is -0.350 e.